The molecule has 3 aliphatic rings. The van der Waals surface area contributed by atoms with Crippen LogP contribution in [-0.2, 0) is 9.53 Å². The van der Waals surface area contributed by atoms with E-state index in [0.29, 0.717) is 22.6 Å². The van der Waals surface area contributed by atoms with Gasteiger partial charge in [0, 0.05) is 41.7 Å². The molecule has 1 saturated heterocycles. The van der Waals surface area contributed by atoms with Crippen molar-refractivity contribution < 1.29 is 13.9 Å². The van der Waals surface area contributed by atoms with E-state index in [9.17, 15) is 9.18 Å². The third-order valence-electron chi connectivity index (χ3n) is 6.52. The van der Waals surface area contributed by atoms with Crippen LogP contribution in [0.5, 0.6) is 0 Å². The molecular weight excluding hydrogens is 419 g/mol. The van der Waals surface area contributed by atoms with Crippen LogP contribution >= 0.6 is 0 Å². The largest absolute Gasteiger partial charge is 0.482 e. The topological polar surface area (TPSA) is 66.5 Å². The number of halogens is 1. The molecule has 1 fully saturated rings. The zero-order valence-electron chi connectivity index (χ0n) is 19.1. The highest BCUT2D eigenvalue weighted by molar-refractivity contribution is 6.32. The number of carbonyl (C=O) groups excluding carboxylic acids is 1. The highest BCUT2D eigenvalue weighted by atomic mass is 19.1. The SMILES string of the molecule is CC1(C)O/C(=C2/C(=O)Nc3ccc(F)cc32)C=C1c1ccc(NCCN2CCCCC2)nc1. The molecule has 0 atom stereocenters. The number of aromatic nitrogens is 1. The van der Waals surface area contributed by atoms with E-state index in [1.54, 1.807) is 6.07 Å². The van der Waals surface area contributed by atoms with Gasteiger partial charge < -0.3 is 20.3 Å². The summed E-state index contributed by atoms with van der Waals surface area (Å²) in [6.45, 7) is 8.17. The lowest BCUT2D eigenvalue weighted by Gasteiger charge is -2.26. The third-order valence-corrected chi connectivity index (χ3v) is 6.52. The minimum absolute atomic E-state index is 0.287. The van der Waals surface area contributed by atoms with Gasteiger partial charge in [-0.3, -0.25) is 4.79 Å². The molecule has 172 valence electrons. The van der Waals surface area contributed by atoms with Gasteiger partial charge in [-0.25, -0.2) is 9.37 Å². The van der Waals surface area contributed by atoms with Gasteiger partial charge >= 0.3 is 0 Å². The molecule has 2 aromatic rings. The Hall–Kier alpha value is -3.19. The second-order valence-electron chi connectivity index (χ2n) is 9.31. The molecule has 1 aromatic carbocycles. The molecule has 0 spiro atoms. The molecule has 3 aliphatic heterocycles. The summed E-state index contributed by atoms with van der Waals surface area (Å²) in [5.74, 6) is 0.606. The molecule has 0 bridgehead atoms. The summed E-state index contributed by atoms with van der Waals surface area (Å²) in [5.41, 5.74) is 2.67. The summed E-state index contributed by atoms with van der Waals surface area (Å²) in [7, 11) is 0. The number of anilines is 2. The lowest BCUT2D eigenvalue weighted by atomic mass is 9.93. The van der Waals surface area contributed by atoms with Crippen molar-refractivity contribution in [3.05, 3.63) is 65.3 Å². The maximum Gasteiger partial charge on any atom is 0.260 e. The molecule has 0 radical (unpaired) electrons. The predicted molar refractivity (Wildman–Crippen MR) is 128 cm³/mol. The maximum absolute atomic E-state index is 13.8. The van der Waals surface area contributed by atoms with Crippen LogP contribution < -0.4 is 10.6 Å². The molecule has 1 aromatic heterocycles. The molecule has 33 heavy (non-hydrogen) atoms. The number of benzene rings is 1. The zero-order chi connectivity index (χ0) is 23.0. The number of likely N-dealkylation sites (tertiary alicyclic amines) is 1. The number of hydrogen-bond acceptors (Lipinski definition) is 5. The second-order valence-corrected chi connectivity index (χ2v) is 9.31. The number of piperidine rings is 1. The van der Waals surface area contributed by atoms with Gasteiger partial charge in [0.1, 0.15) is 23.0 Å². The van der Waals surface area contributed by atoms with E-state index in [1.807, 2.05) is 38.3 Å². The Morgan fingerprint density at radius 1 is 1.18 bits per heavy atom. The molecule has 2 N–H and O–H groups in total. The van der Waals surface area contributed by atoms with E-state index in [2.05, 4.69) is 20.5 Å². The van der Waals surface area contributed by atoms with Crippen molar-refractivity contribution in [2.24, 2.45) is 0 Å². The Morgan fingerprint density at radius 3 is 2.76 bits per heavy atom. The molecule has 0 saturated carbocycles. The van der Waals surface area contributed by atoms with Crippen LogP contribution in [0.2, 0.25) is 0 Å². The van der Waals surface area contributed by atoms with Crippen LogP contribution in [0, 0.1) is 5.82 Å². The standard InChI is InChI=1S/C26H29FN4O2/c1-26(2)20(15-22(33-26)24-19-14-18(27)7-8-21(19)30-25(24)32)17-6-9-23(29-16-17)28-10-13-31-11-4-3-5-12-31/h6-9,14-16H,3-5,10-13H2,1-2H3,(H,28,29)(H,30,32)/b24-22+. The fourth-order valence-electron chi connectivity index (χ4n) is 4.79. The smallest absolute Gasteiger partial charge is 0.260 e. The molecule has 5 rings (SSSR count). The molecular formula is C26H29FN4O2. The number of carbonyl (C=O) groups is 1. The first-order valence-electron chi connectivity index (χ1n) is 11.6. The third kappa shape index (κ3) is 4.37. The summed E-state index contributed by atoms with van der Waals surface area (Å²) >= 11 is 0. The van der Waals surface area contributed by atoms with Crippen molar-refractivity contribution in [2.45, 2.75) is 38.7 Å². The predicted octanol–water partition coefficient (Wildman–Crippen LogP) is 4.67. The van der Waals surface area contributed by atoms with E-state index in [0.717, 1.165) is 30.0 Å². The van der Waals surface area contributed by atoms with Crippen molar-refractivity contribution in [1.82, 2.24) is 9.88 Å². The highest BCUT2D eigenvalue weighted by Crippen LogP contribution is 2.44. The Morgan fingerprint density at radius 2 is 2.00 bits per heavy atom. The first-order chi connectivity index (χ1) is 15.9. The summed E-state index contributed by atoms with van der Waals surface area (Å²) in [5, 5.41) is 6.19. The van der Waals surface area contributed by atoms with Gasteiger partial charge in [-0.2, -0.15) is 0 Å². The Bertz CT molecular complexity index is 1130. The van der Waals surface area contributed by atoms with Crippen LogP contribution in [0.4, 0.5) is 15.9 Å². The minimum atomic E-state index is -0.649. The van der Waals surface area contributed by atoms with Crippen LogP contribution in [0.15, 0.2) is 48.4 Å². The number of rotatable bonds is 5. The van der Waals surface area contributed by atoms with Crippen molar-refractivity contribution in [1.29, 1.82) is 0 Å². The summed E-state index contributed by atoms with van der Waals surface area (Å²) in [4.78, 5) is 19.7. The number of ether oxygens (including phenoxy) is 1. The van der Waals surface area contributed by atoms with Gasteiger partial charge in [0.15, 0.2) is 0 Å². The maximum atomic E-state index is 13.8. The molecule has 0 unspecified atom stereocenters. The number of pyridine rings is 1. The average Bonchev–Trinajstić information content (AvgIpc) is 3.29. The van der Waals surface area contributed by atoms with Crippen LogP contribution in [0.1, 0.15) is 44.2 Å². The molecule has 6 nitrogen and oxygen atoms in total. The number of fused-ring (bicyclic) bond motifs is 1. The number of allylic oxidation sites excluding steroid dienone is 1. The van der Waals surface area contributed by atoms with E-state index in [4.69, 9.17) is 4.74 Å². The average molecular weight is 449 g/mol. The molecule has 4 heterocycles. The quantitative estimate of drug-likeness (QED) is 0.651. The van der Waals surface area contributed by atoms with Crippen LogP contribution in [0.3, 0.4) is 0 Å². The summed E-state index contributed by atoms with van der Waals surface area (Å²) in [6, 6.07) is 8.26. The number of hydrogen-bond donors (Lipinski definition) is 2. The Labute approximate surface area is 193 Å². The van der Waals surface area contributed by atoms with Crippen LogP contribution in [0.25, 0.3) is 11.1 Å². The number of nitrogens with zero attached hydrogens (tertiary/aromatic N) is 2. The van der Waals surface area contributed by atoms with E-state index in [1.165, 1.54) is 44.5 Å². The van der Waals surface area contributed by atoms with Crippen molar-refractivity contribution in [3.8, 4) is 0 Å². The zero-order valence-corrected chi connectivity index (χ0v) is 19.1. The molecule has 7 heteroatoms. The summed E-state index contributed by atoms with van der Waals surface area (Å²) < 4.78 is 20.0. The van der Waals surface area contributed by atoms with Gasteiger partial charge in [-0.05, 0) is 76.2 Å². The van der Waals surface area contributed by atoms with E-state index >= 15 is 0 Å². The summed E-state index contributed by atoms with van der Waals surface area (Å²) in [6.07, 6.45) is 7.63. The molecule has 1 amide bonds. The number of nitrogens with one attached hydrogen (secondary N) is 2. The second kappa shape index (κ2) is 8.63. The fraction of sp³-hybridized carbons (Fsp3) is 0.385. The molecule has 0 aliphatic carbocycles. The van der Waals surface area contributed by atoms with Crippen molar-refractivity contribution >= 4 is 28.6 Å². The Kier molecular flexibility index (Phi) is 5.66. The van der Waals surface area contributed by atoms with Gasteiger partial charge in [-0.15, -0.1) is 0 Å². The van der Waals surface area contributed by atoms with Crippen molar-refractivity contribution in [3.63, 3.8) is 0 Å². The van der Waals surface area contributed by atoms with Gasteiger partial charge in [-0.1, -0.05) is 6.42 Å². The lowest BCUT2D eigenvalue weighted by Crippen LogP contribution is -2.33. The Balaban J connectivity index is 1.35. The normalized spacial score (nSPS) is 21.9. The van der Waals surface area contributed by atoms with E-state index < -0.39 is 11.4 Å². The monoisotopic (exact) mass is 448 g/mol. The first kappa shape index (κ1) is 21.6. The van der Waals surface area contributed by atoms with Gasteiger partial charge in [0.25, 0.3) is 5.91 Å². The highest BCUT2D eigenvalue weighted by Gasteiger charge is 2.38. The number of amides is 1. The van der Waals surface area contributed by atoms with Crippen molar-refractivity contribution in [2.75, 3.05) is 36.8 Å². The fourth-order valence-corrected chi connectivity index (χ4v) is 4.79. The van der Waals surface area contributed by atoms with E-state index in [-0.39, 0.29) is 5.91 Å². The van der Waals surface area contributed by atoms with Gasteiger partial charge in [0.2, 0.25) is 0 Å². The van der Waals surface area contributed by atoms with Gasteiger partial charge in [0.05, 0.1) is 5.57 Å². The first-order valence-corrected chi connectivity index (χ1v) is 11.6. The van der Waals surface area contributed by atoms with Crippen LogP contribution in [-0.4, -0.2) is 47.6 Å². The minimum Gasteiger partial charge on any atom is -0.482 e. The lowest BCUT2D eigenvalue weighted by molar-refractivity contribution is -0.111.